The Morgan fingerprint density at radius 3 is 2.00 bits per heavy atom. The molecule has 0 amide bonds. The van der Waals surface area contributed by atoms with Gasteiger partial charge in [-0.05, 0) is 36.5 Å². The van der Waals surface area contributed by atoms with Gasteiger partial charge in [-0.2, -0.15) is 0 Å². The van der Waals surface area contributed by atoms with Crippen LogP contribution in [0.5, 0.6) is 11.5 Å². The van der Waals surface area contributed by atoms with Crippen molar-refractivity contribution in [3.8, 4) is 11.5 Å². The normalized spacial score (nSPS) is 11.8. The van der Waals surface area contributed by atoms with Crippen molar-refractivity contribution in [3.05, 3.63) is 22.8 Å². The van der Waals surface area contributed by atoms with Crippen molar-refractivity contribution in [3.63, 3.8) is 0 Å². The van der Waals surface area contributed by atoms with Crippen LogP contribution in [0.3, 0.4) is 0 Å². The minimum absolute atomic E-state index is 0.155. The molecule has 0 aliphatic rings. The van der Waals surface area contributed by atoms with E-state index >= 15 is 0 Å². The van der Waals surface area contributed by atoms with Crippen LogP contribution in [0.1, 0.15) is 37.5 Å². The predicted octanol–water partition coefficient (Wildman–Crippen LogP) is 3.01. The molecule has 2 heteroatoms. The summed E-state index contributed by atoms with van der Waals surface area (Å²) in [4.78, 5) is 0. The van der Waals surface area contributed by atoms with Gasteiger partial charge >= 0.3 is 0 Å². The molecule has 0 saturated carbocycles. The summed E-state index contributed by atoms with van der Waals surface area (Å²) in [6, 6.07) is 1.60. The third kappa shape index (κ3) is 1.69. The van der Waals surface area contributed by atoms with E-state index in [1.54, 1.807) is 13.0 Å². The molecule has 2 nitrogen and oxygen atoms in total. The van der Waals surface area contributed by atoms with E-state index in [1.165, 1.54) is 0 Å². The monoisotopic (exact) mass is 194 g/mol. The Morgan fingerprint density at radius 2 is 1.57 bits per heavy atom. The van der Waals surface area contributed by atoms with Crippen LogP contribution in [-0.2, 0) is 5.41 Å². The van der Waals surface area contributed by atoms with Crippen molar-refractivity contribution in [1.82, 2.24) is 0 Å². The fourth-order valence-corrected chi connectivity index (χ4v) is 1.80. The third-order valence-electron chi connectivity index (χ3n) is 2.47. The van der Waals surface area contributed by atoms with E-state index in [0.717, 1.165) is 16.7 Å². The predicted molar refractivity (Wildman–Crippen MR) is 57.9 cm³/mol. The maximum atomic E-state index is 9.93. The first-order chi connectivity index (χ1) is 6.25. The maximum absolute atomic E-state index is 9.93. The van der Waals surface area contributed by atoms with Gasteiger partial charge in [0.25, 0.3) is 0 Å². The summed E-state index contributed by atoms with van der Waals surface area (Å²) >= 11 is 0. The van der Waals surface area contributed by atoms with Crippen LogP contribution in [0.25, 0.3) is 0 Å². The first-order valence-corrected chi connectivity index (χ1v) is 4.77. The maximum Gasteiger partial charge on any atom is 0.122 e. The minimum atomic E-state index is -0.155. The third-order valence-corrected chi connectivity index (χ3v) is 2.47. The van der Waals surface area contributed by atoms with E-state index in [0.29, 0.717) is 5.75 Å². The molecular weight excluding hydrogens is 176 g/mol. The Bertz CT molecular complexity index is 333. The molecule has 0 atom stereocenters. The number of phenols is 2. The van der Waals surface area contributed by atoms with E-state index in [4.69, 9.17) is 0 Å². The van der Waals surface area contributed by atoms with Crippen LogP contribution in [-0.4, -0.2) is 10.2 Å². The van der Waals surface area contributed by atoms with Crippen molar-refractivity contribution < 1.29 is 10.2 Å². The molecule has 78 valence electrons. The Balaban J connectivity index is 3.56. The number of hydrogen-bond donors (Lipinski definition) is 2. The summed E-state index contributed by atoms with van der Waals surface area (Å²) in [5, 5.41) is 19.6. The first kappa shape index (κ1) is 10.9. The summed E-state index contributed by atoms with van der Waals surface area (Å²) in [5.41, 5.74) is 2.16. The van der Waals surface area contributed by atoms with E-state index in [1.807, 2.05) is 27.7 Å². The summed E-state index contributed by atoms with van der Waals surface area (Å²) in [6.45, 7) is 9.69. The lowest BCUT2D eigenvalue weighted by atomic mass is 9.82. The average Bonchev–Trinajstić information content (AvgIpc) is 1.98. The van der Waals surface area contributed by atoms with Crippen LogP contribution < -0.4 is 0 Å². The smallest absolute Gasteiger partial charge is 0.122 e. The van der Waals surface area contributed by atoms with Crippen LogP contribution in [0.2, 0.25) is 0 Å². The fraction of sp³-hybridized carbons (Fsp3) is 0.500. The van der Waals surface area contributed by atoms with Crippen LogP contribution >= 0.6 is 0 Å². The van der Waals surface area contributed by atoms with Crippen molar-refractivity contribution in [2.45, 2.75) is 40.0 Å². The largest absolute Gasteiger partial charge is 0.508 e. The number of aryl methyl sites for hydroxylation is 1. The van der Waals surface area contributed by atoms with Crippen LogP contribution in [0.4, 0.5) is 0 Å². The fourth-order valence-electron chi connectivity index (χ4n) is 1.80. The molecule has 1 rings (SSSR count). The zero-order valence-electron chi connectivity index (χ0n) is 9.47. The van der Waals surface area contributed by atoms with Gasteiger partial charge in [0, 0.05) is 5.56 Å². The second-order valence-corrected chi connectivity index (χ2v) is 4.81. The lowest BCUT2D eigenvalue weighted by Crippen LogP contribution is -2.14. The van der Waals surface area contributed by atoms with Gasteiger partial charge in [0.2, 0.25) is 0 Å². The van der Waals surface area contributed by atoms with Gasteiger partial charge in [-0.25, -0.2) is 0 Å². The van der Waals surface area contributed by atoms with Crippen molar-refractivity contribution in [2.75, 3.05) is 0 Å². The van der Waals surface area contributed by atoms with Crippen LogP contribution in [0, 0.1) is 13.8 Å². The Morgan fingerprint density at radius 1 is 1.07 bits per heavy atom. The van der Waals surface area contributed by atoms with Gasteiger partial charge in [0.05, 0.1) is 0 Å². The average molecular weight is 194 g/mol. The zero-order chi connectivity index (χ0) is 11.1. The van der Waals surface area contributed by atoms with Crippen molar-refractivity contribution in [1.29, 1.82) is 0 Å². The highest BCUT2D eigenvalue weighted by Crippen LogP contribution is 2.39. The van der Waals surface area contributed by atoms with E-state index in [2.05, 4.69) is 0 Å². The van der Waals surface area contributed by atoms with Gasteiger partial charge < -0.3 is 10.2 Å². The summed E-state index contributed by atoms with van der Waals surface area (Å²) < 4.78 is 0. The molecule has 0 aliphatic carbocycles. The Hall–Kier alpha value is -1.18. The van der Waals surface area contributed by atoms with Crippen molar-refractivity contribution in [2.24, 2.45) is 0 Å². The molecule has 0 spiro atoms. The molecule has 2 N–H and O–H groups in total. The zero-order valence-corrected chi connectivity index (χ0v) is 9.47. The van der Waals surface area contributed by atoms with Gasteiger partial charge in [0.15, 0.2) is 0 Å². The highest BCUT2D eigenvalue weighted by molar-refractivity contribution is 5.54. The molecule has 0 aliphatic heterocycles. The summed E-state index contributed by atoms with van der Waals surface area (Å²) in [7, 11) is 0. The lowest BCUT2D eigenvalue weighted by Gasteiger charge is -2.24. The molecule has 1 aromatic rings. The van der Waals surface area contributed by atoms with E-state index < -0.39 is 0 Å². The molecule has 0 fully saturated rings. The topological polar surface area (TPSA) is 40.5 Å². The molecular formula is C12H18O2. The first-order valence-electron chi connectivity index (χ1n) is 4.77. The van der Waals surface area contributed by atoms with E-state index in [9.17, 15) is 10.2 Å². The number of phenolic OH excluding ortho intramolecular Hbond substituents is 2. The SMILES string of the molecule is Cc1cc(O)c(C)c(C(C)(C)C)c1O. The van der Waals surface area contributed by atoms with E-state index in [-0.39, 0.29) is 11.2 Å². The van der Waals surface area contributed by atoms with Crippen LogP contribution in [0.15, 0.2) is 6.07 Å². The molecule has 0 bridgehead atoms. The molecule has 14 heavy (non-hydrogen) atoms. The van der Waals surface area contributed by atoms with Gasteiger partial charge in [0.1, 0.15) is 11.5 Å². The summed E-state index contributed by atoms with van der Waals surface area (Å²) in [6.07, 6.45) is 0. The molecule has 0 aromatic heterocycles. The Kier molecular flexibility index (Phi) is 2.49. The van der Waals surface area contributed by atoms with Gasteiger partial charge in [-0.15, -0.1) is 0 Å². The lowest BCUT2D eigenvalue weighted by molar-refractivity contribution is 0.427. The highest BCUT2D eigenvalue weighted by Gasteiger charge is 2.23. The number of benzene rings is 1. The highest BCUT2D eigenvalue weighted by atomic mass is 16.3. The van der Waals surface area contributed by atoms with Crippen molar-refractivity contribution >= 4 is 0 Å². The number of hydrogen-bond acceptors (Lipinski definition) is 2. The number of aromatic hydroxyl groups is 2. The molecule has 0 unspecified atom stereocenters. The molecule has 1 aromatic carbocycles. The second-order valence-electron chi connectivity index (χ2n) is 4.81. The molecule has 0 radical (unpaired) electrons. The van der Waals surface area contributed by atoms with Gasteiger partial charge in [-0.1, -0.05) is 20.8 Å². The minimum Gasteiger partial charge on any atom is -0.508 e. The number of rotatable bonds is 0. The molecule has 0 heterocycles. The summed E-state index contributed by atoms with van der Waals surface area (Å²) in [5.74, 6) is 0.554. The molecule has 0 saturated heterocycles. The standard InChI is InChI=1S/C12H18O2/c1-7-6-9(13)8(2)10(11(7)14)12(3,4)5/h6,13-14H,1-5H3. The second kappa shape index (κ2) is 3.19. The van der Waals surface area contributed by atoms with Gasteiger partial charge in [-0.3, -0.25) is 0 Å². The Labute approximate surface area is 85.2 Å². The quantitative estimate of drug-likeness (QED) is 0.623.